The van der Waals surface area contributed by atoms with Gasteiger partial charge in [-0.3, -0.25) is 10.2 Å². The Morgan fingerprint density at radius 3 is 2.81 bits per heavy atom. The molecule has 21 heavy (non-hydrogen) atoms. The lowest BCUT2D eigenvalue weighted by Gasteiger charge is -2.10. The quantitative estimate of drug-likeness (QED) is 0.573. The molecule has 0 aromatic heterocycles. The maximum absolute atomic E-state index is 12.6. The van der Waals surface area contributed by atoms with E-state index >= 15 is 0 Å². The van der Waals surface area contributed by atoms with E-state index in [9.17, 15) is 18.0 Å². The Balaban J connectivity index is 2.12. The van der Waals surface area contributed by atoms with Gasteiger partial charge < -0.3 is 11.1 Å². The van der Waals surface area contributed by atoms with E-state index in [1.54, 1.807) is 0 Å². The van der Waals surface area contributed by atoms with Crippen molar-refractivity contribution >= 4 is 28.8 Å². The van der Waals surface area contributed by atoms with Crippen LogP contribution in [-0.2, 0) is 17.4 Å². The number of carbonyl (C=O) groups excluding carboxylic acids is 1. The normalized spacial score (nSPS) is 20.6. The second-order valence-corrected chi connectivity index (χ2v) is 5.49. The molecule has 1 aromatic rings. The molecule has 0 bridgehead atoms. The standard InChI is InChI=1S/C12H11F3N4OS/c13-12(14,15)7-3-1-2-6(4-7)5-8-9(20)18-11(21-8)19-10(16)17/h1-4,8H,5H2,(H4,16,17,18,19,20). The van der Waals surface area contributed by atoms with E-state index in [0.29, 0.717) is 5.56 Å². The number of rotatable bonds is 2. The first-order chi connectivity index (χ1) is 9.75. The minimum atomic E-state index is -4.41. The third kappa shape index (κ3) is 3.97. The summed E-state index contributed by atoms with van der Waals surface area (Å²) in [4.78, 5) is 15.3. The second-order valence-electron chi connectivity index (χ2n) is 4.30. The molecule has 1 saturated heterocycles. The Morgan fingerprint density at radius 2 is 2.19 bits per heavy atom. The number of amides is 1. The Kier molecular flexibility index (Phi) is 4.21. The van der Waals surface area contributed by atoms with Crippen LogP contribution in [0.5, 0.6) is 0 Å². The van der Waals surface area contributed by atoms with Gasteiger partial charge >= 0.3 is 6.18 Å². The van der Waals surface area contributed by atoms with E-state index in [-0.39, 0.29) is 17.5 Å². The van der Waals surface area contributed by atoms with Crippen LogP contribution >= 0.6 is 11.8 Å². The summed E-state index contributed by atoms with van der Waals surface area (Å²) >= 11 is 1.04. The highest BCUT2D eigenvalue weighted by atomic mass is 32.2. The van der Waals surface area contributed by atoms with Gasteiger partial charge in [-0.2, -0.15) is 18.2 Å². The van der Waals surface area contributed by atoms with E-state index in [1.165, 1.54) is 12.1 Å². The van der Waals surface area contributed by atoms with Gasteiger partial charge in [0.05, 0.1) is 10.8 Å². The number of nitrogens with zero attached hydrogens (tertiary/aromatic N) is 1. The predicted octanol–water partition coefficient (Wildman–Crippen LogP) is 1.73. The summed E-state index contributed by atoms with van der Waals surface area (Å²) in [7, 11) is 0. The zero-order valence-corrected chi connectivity index (χ0v) is 11.4. The number of nitrogens with one attached hydrogen (secondary N) is 2. The van der Waals surface area contributed by atoms with E-state index in [0.717, 1.165) is 23.9 Å². The van der Waals surface area contributed by atoms with Crippen LogP contribution in [0.2, 0.25) is 0 Å². The smallest absolute Gasteiger partial charge is 0.368 e. The number of benzene rings is 1. The van der Waals surface area contributed by atoms with Crippen molar-refractivity contribution in [2.75, 3.05) is 0 Å². The molecule has 1 aromatic carbocycles. The molecule has 4 N–H and O–H groups in total. The van der Waals surface area contributed by atoms with Crippen LogP contribution in [0.1, 0.15) is 11.1 Å². The number of nitrogens with two attached hydrogens (primary N) is 1. The molecule has 2 rings (SSSR count). The average molecular weight is 316 g/mol. The molecular formula is C12H11F3N4OS. The predicted molar refractivity (Wildman–Crippen MR) is 74.0 cm³/mol. The maximum Gasteiger partial charge on any atom is 0.416 e. The highest BCUT2D eigenvalue weighted by molar-refractivity contribution is 8.15. The summed E-state index contributed by atoms with van der Waals surface area (Å²) < 4.78 is 37.9. The van der Waals surface area contributed by atoms with Gasteiger partial charge in [-0.1, -0.05) is 30.0 Å². The van der Waals surface area contributed by atoms with E-state index < -0.39 is 22.9 Å². The average Bonchev–Trinajstić information content (AvgIpc) is 2.68. The Bertz CT molecular complexity index is 615. The molecule has 112 valence electrons. The summed E-state index contributed by atoms with van der Waals surface area (Å²) in [6, 6.07) is 4.84. The molecule has 1 aliphatic rings. The van der Waals surface area contributed by atoms with Crippen LogP contribution in [0.25, 0.3) is 0 Å². The van der Waals surface area contributed by atoms with Crippen molar-refractivity contribution in [3.8, 4) is 0 Å². The summed E-state index contributed by atoms with van der Waals surface area (Å²) in [5, 5.41) is 9.03. The first-order valence-corrected chi connectivity index (χ1v) is 6.70. The molecule has 1 aliphatic heterocycles. The molecule has 0 aliphatic carbocycles. The number of guanidine groups is 1. The first-order valence-electron chi connectivity index (χ1n) is 5.82. The molecule has 1 atom stereocenters. The van der Waals surface area contributed by atoms with Gasteiger partial charge in [-0.05, 0) is 18.1 Å². The lowest BCUT2D eigenvalue weighted by Crippen LogP contribution is -2.27. The van der Waals surface area contributed by atoms with Crippen molar-refractivity contribution in [3.05, 3.63) is 35.4 Å². The lowest BCUT2D eigenvalue weighted by atomic mass is 10.1. The number of alkyl halides is 3. The van der Waals surface area contributed by atoms with Crippen molar-refractivity contribution in [1.29, 1.82) is 5.41 Å². The van der Waals surface area contributed by atoms with Crippen LogP contribution in [0, 0.1) is 5.41 Å². The number of aliphatic imine (C=N–C) groups is 1. The summed E-state index contributed by atoms with van der Waals surface area (Å²) in [5.41, 5.74) is 4.74. The van der Waals surface area contributed by atoms with Gasteiger partial charge in [0.2, 0.25) is 11.9 Å². The Labute approximate surface area is 122 Å². The van der Waals surface area contributed by atoms with Gasteiger partial charge in [0, 0.05) is 0 Å². The molecule has 5 nitrogen and oxygen atoms in total. The number of thioether (sulfide) groups is 1. The topological polar surface area (TPSA) is 91.3 Å². The first kappa shape index (κ1) is 15.4. The zero-order chi connectivity index (χ0) is 15.6. The van der Waals surface area contributed by atoms with E-state index in [2.05, 4.69) is 10.3 Å². The summed E-state index contributed by atoms with van der Waals surface area (Å²) in [6.07, 6.45) is -4.28. The summed E-state index contributed by atoms with van der Waals surface area (Å²) in [5.74, 6) is -0.810. The SMILES string of the molecule is N=C(N)N=C1NC(=O)C(Cc2cccc(C(F)(F)F)c2)S1. The monoisotopic (exact) mass is 316 g/mol. The van der Waals surface area contributed by atoms with Crippen LogP contribution in [0.3, 0.4) is 0 Å². The second kappa shape index (κ2) is 5.76. The highest BCUT2D eigenvalue weighted by Crippen LogP contribution is 2.31. The number of carbonyl (C=O) groups is 1. The van der Waals surface area contributed by atoms with Gasteiger partial charge in [0.25, 0.3) is 0 Å². The maximum atomic E-state index is 12.6. The minimum absolute atomic E-state index is 0.136. The van der Waals surface area contributed by atoms with E-state index in [4.69, 9.17) is 11.1 Å². The molecular weight excluding hydrogens is 305 g/mol. The van der Waals surface area contributed by atoms with Gasteiger partial charge in [-0.25, -0.2) is 0 Å². The van der Waals surface area contributed by atoms with Gasteiger partial charge in [-0.15, -0.1) is 0 Å². The van der Waals surface area contributed by atoms with Crippen molar-refractivity contribution in [2.24, 2.45) is 10.7 Å². The molecule has 1 fully saturated rings. The molecule has 1 unspecified atom stereocenters. The summed E-state index contributed by atoms with van der Waals surface area (Å²) in [6.45, 7) is 0. The number of hydrogen-bond acceptors (Lipinski definition) is 3. The minimum Gasteiger partial charge on any atom is -0.368 e. The molecule has 1 amide bonds. The van der Waals surface area contributed by atoms with Crippen LogP contribution < -0.4 is 11.1 Å². The fourth-order valence-electron chi connectivity index (χ4n) is 1.79. The largest absolute Gasteiger partial charge is 0.416 e. The van der Waals surface area contributed by atoms with Crippen molar-refractivity contribution in [2.45, 2.75) is 17.8 Å². The van der Waals surface area contributed by atoms with Crippen molar-refractivity contribution in [3.63, 3.8) is 0 Å². The molecule has 0 spiro atoms. The highest BCUT2D eigenvalue weighted by Gasteiger charge is 2.33. The van der Waals surface area contributed by atoms with Crippen molar-refractivity contribution < 1.29 is 18.0 Å². The third-order valence-electron chi connectivity index (χ3n) is 2.67. The van der Waals surface area contributed by atoms with Gasteiger partial charge in [0.1, 0.15) is 0 Å². The fraction of sp³-hybridized carbons (Fsp3) is 0.250. The van der Waals surface area contributed by atoms with Crippen molar-refractivity contribution in [1.82, 2.24) is 5.32 Å². The van der Waals surface area contributed by atoms with Crippen LogP contribution in [0.15, 0.2) is 29.3 Å². The number of amidine groups is 1. The van der Waals surface area contributed by atoms with E-state index in [1.807, 2.05) is 0 Å². The molecule has 0 radical (unpaired) electrons. The third-order valence-corrected chi connectivity index (χ3v) is 3.76. The Morgan fingerprint density at radius 1 is 1.48 bits per heavy atom. The van der Waals surface area contributed by atoms with Crippen LogP contribution in [0.4, 0.5) is 13.2 Å². The molecule has 9 heteroatoms. The number of halogens is 3. The number of hydrogen-bond donors (Lipinski definition) is 3. The van der Waals surface area contributed by atoms with Gasteiger partial charge in [0.15, 0.2) is 5.17 Å². The molecule has 1 heterocycles. The molecule has 0 saturated carbocycles. The van der Waals surface area contributed by atoms with Crippen LogP contribution in [-0.4, -0.2) is 22.3 Å². The Hall–Kier alpha value is -2.03. The zero-order valence-electron chi connectivity index (χ0n) is 10.6. The fourth-order valence-corrected chi connectivity index (χ4v) is 2.81. The lowest BCUT2D eigenvalue weighted by molar-refractivity contribution is -0.137.